The number of aliphatic hydroxyl groups is 1. The Bertz CT molecular complexity index is 259. The number of ether oxygens (including phenoxy) is 1. The number of rotatable bonds is 4. The fraction of sp³-hybridized carbons (Fsp3) is 0.778. The molecule has 92 valence electrons. The van der Waals surface area contributed by atoms with Crippen LogP contribution < -0.4 is 11.1 Å². The molecule has 0 aromatic rings. The van der Waals surface area contributed by atoms with E-state index in [9.17, 15) is 9.59 Å². The molecule has 0 aromatic heterocycles. The first-order chi connectivity index (χ1) is 7.61. The van der Waals surface area contributed by atoms with Crippen molar-refractivity contribution in [3.63, 3.8) is 0 Å². The second-order valence-electron chi connectivity index (χ2n) is 3.64. The quantitative estimate of drug-likeness (QED) is 0.533. The van der Waals surface area contributed by atoms with Gasteiger partial charge in [-0.2, -0.15) is 0 Å². The third kappa shape index (κ3) is 4.56. The SMILES string of the molecule is NC(=O)NC(=O)CCN1CCOC(CO)C1. The van der Waals surface area contributed by atoms with Crippen LogP contribution in [-0.4, -0.2) is 60.9 Å². The van der Waals surface area contributed by atoms with Crippen LogP contribution in [0.15, 0.2) is 0 Å². The number of nitrogens with zero attached hydrogens (tertiary/aromatic N) is 1. The topological polar surface area (TPSA) is 105 Å². The van der Waals surface area contributed by atoms with Crippen molar-refractivity contribution in [2.24, 2.45) is 5.73 Å². The van der Waals surface area contributed by atoms with Crippen LogP contribution in [0.3, 0.4) is 0 Å². The Morgan fingerprint density at radius 1 is 1.56 bits per heavy atom. The number of nitrogens with one attached hydrogen (secondary N) is 1. The zero-order valence-electron chi connectivity index (χ0n) is 9.02. The smallest absolute Gasteiger partial charge is 0.318 e. The standard InChI is InChI=1S/C9H17N3O4/c10-9(15)11-8(14)1-2-12-3-4-16-7(5-12)6-13/h7,13H,1-6H2,(H3,10,11,14,15). The van der Waals surface area contributed by atoms with Gasteiger partial charge in [-0.05, 0) is 0 Å². The van der Waals surface area contributed by atoms with Crippen molar-refractivity contribution in [2.75, 3.05) is 32.8 Å². The van der Waals surface area contributed by atoms with Gasteiger partial charge < -0.3 is 15.6 Å². The van der Waals surface area contributed by atoms with Crippen LogP contribution in [0, 0.1) is 0 Å². The molecule has 1 rings (SSSR count). The monoisotopic (exact) mass is 231 g/mol. The van der Waals surface area contributed by atoms with Gasteiger partial charge in [-0.25, -0.2) is 4.79 Å². The number of hydrogen-bond acceptors (Lipinski definition) is 5. The molecule has 1 saturated heterocycles. The van der Waals surface area contributed by atoms with E-state index in [1.807, 2.05) is 10.2 Å². The van der Waals surface area contributed by atoms with E-state index in [2.05, 4.69) is 0 Å². The molecule has 1 unspecified atom stereocenters. The fourth-order valence-corrected chi connectivity index (χ4v) is 1.55. The Balaban J connectivity index is 2.21. The summed E-state index contributed by atoms with van der Waals surface area (Å²) in [6.07, 6.45) is 0.0223. The van der Waals surface area contributed by atoms with Gasteiger partial charge in [0.05, 0.1) is 19.3 Å². The molecule has 0 radical (unpaired) electrons. The summed E-state index contributed by atoms with van der Waals surface area (Å²) in [5, 5.41) is 10.9. The van der Waals surface area contributed by atoms with Gasteiger partial charge in [0.25, 0.3) is 0 Å². The number of hydrogen-bond donors (Lipinski definition) is 3. The summed E-state index contributed by atoms with van der Waals surface area (Å²) in [4.78, 5) is 23.5. The van der Waals surface area contributed by atoms with Crippen molar-refractivity contribution < 1.29 is 19.4 Å². The predicted octanol–water partition coefficient (Wildman–Crippen LogP) is -1.74. The molecule has 0 aromatic carbocycles. The van der Waals surface area contributed by atoms with Gasteiger partial charge in [-0.1, -0.05) is 0 Å². The Kier molecular flexibility index (Phi) is 5.17. The van der Waals surface area contributed by atoms with Crippen molar-refractivity contribution in [3.8, 4) is 0 Å². The summed E-state index contributed by atoms with van der Waals surface area (Å²) in [7, 11) is 0. The van der Waals surface area contributed by atoms with E-state index in [1.165, 1.54) is 0 Å². The highest BCUT2D eigenvalue weighted by Crippen LogP contribution is 2.04. The molecular formula is C9H17N3O4. The minimum Gasteiger partial charge on any atom is -0.394 e. The molecule has 1 atom stereocenters. The van der Waals surface area contributed by atoms with Gasteiger partial charge in [0.2, 0.25) is 5.91 Å². The van der Waals surface area contributed by atoms with E-state index < -0.39 is 6.03 Å². The number of urea groups is 1. The lowest BCUT2D eigenvalue weighted by Gasteiger charge is -2.31. The number of aliphatic hydroxyl groups excluding tert-OH is 1. The van der Waals surface area contributed by atoms with Crippen LogP contribution in [0.25, 0.3) is 0 Å². The molecule has 1 heterocycles. The zero-order valence-corrected chi connectivity index (χ0v) is 9.02. The molecule has 0 saturated carbocycles. The van der Waals surface area contributed by atoms with Gasteiger partial charge in [-0.15, -0.1) is 0 Å². The average Bonchev–Trinajstić information content (AvgIpc) is 2.26. The van der Waals surface area contributed by atoms with Crippen molar-refractivity contribution in [3.05, 3.63) is 0 Å². The zero-order chi connectivity index (χ0) is 12.0. The highest BCUT2D eigenvalue weighted by molar-refractivity contribution is 5.93. The van der Waals surface area contributed by atoms with Crippen molar-refractivity contribution >= 4 is 11.9 Å². The van der Waals surface area contributed by atoms with Gasteiger partial charge in [0.1, 0.15) is 0 Å². The maximum absolute atomic E-state index is 11.1. The lowest BCUT2D eigenvalue weighted by atomic mass is 10.2. The number of carbonyl (C=O) groups excluding carboxylic acids is 2. The number of primary amides is 1. The number of morpholine rings is 1. The van der Waals surface area contributed by atoms with Crippen LogP contribution in [-0.2, 0) is 9.53 Å². The van der Waals surface area contributed by atoms with Gasteiger partial charge >= 0.3 is 6.03 Å². The van der Waals surface area contributed by atoms with E-state index in [0.717, 1.165) is 6.54 Å². The molecule has 0 aliphatic carbocycles. The summed E-state index contributed by atoms with van der Waals surface area (Å²) < 4.78 is 5.26. The summed E-state index contributed by atoms with van der Waals surface area (Å²) in [6.45, 7) is 2.37. The molecule has 1 fully saturated rings. The lowest BCUT2D eigenvalue weighted by Crippen LogP contribution is -2.45. The lowest BCUT2D eigenvalue weighted by molar-refractivity contribution is -0.121. The summed E-state index contributed by atoms with van der Waals surface area (Å²) >= 11 is 0. The minimum atomic E-state index is -0.833. The first kappa shape index (κ1) is 12.9. The van der Waals surface area contributed by atoms with E-state index in [4.69, 9.17) is 15.6 Å². The second kappa shape index (κ2) is 6.41. The highest BCUT2D eigenvalue weighted by atomic mass is 16.5. The molecule has 16 heavy (non-hydrogen) atoms. The maximum atomic E-state index is 11.1. The van der Waals surface area contributed by atoms with E-state index in [1.54, 1.807) is 0 Å². The van der Waals surface area contributed by atoms with Crippen molar-refractivity contribution in [2.45, 2.75) is 12.5 Å². The normalized spacial score (nSPS) is 21.7. The fourth-order valence-electron chi connectivity index (χ4n) is 1.55. The van der Waals surface area contributed by atoms with Crippen molar-refractivity contribution in [1.82, 2.24) is 10.2 Å². The van der Waals surface area contributed by atoms with Crippen LogP contribution in [0.1, 0.15) is 6.42 Å². The van der Waals surface area contributed by atoms with Crippen LogP contribution in [0.4, 0.5) is 4.79 Å². The number of amides is 3. The number of imide groups is 1. The molecular weight excluding hydrogens is 214 g/mol. The summed E-state index contributed by atoms with van der Waals surface area (Å²) in [5.74, 6) is -0.389. The third-order valence-corrected chi connectivity index (χ3v) is 2.34. The second-order valence-corrected chi connectivity index (χ2v) is 3.64. The third-order valence-electron chi connectivity index (χ3n) is 2.34. The Morgan fingerprint density at radius 3 is 2.94 bits per heavy atom. The molecule has 1 aliphatic rings. The Morgan fingerprint density at radius 2 is 2.31 bits per heavy atom. The largest absolute Gasteiger partial charge is 0.394 e. The first-order valence-corrected chi connectivity index (χ1v) is 5.16. The molecule has 1 aliphatic heterocycles. The number of nitrogens with two attached hydrogens (primary N) is 1. The summed E-state index contributed by atoms with van der Waals surface area (Å²) in [5.41, 5.74) is 4.81. The van der Waals surface area contributed by atoms with Gasteiger partial charge in [0, 0.05) is 26.1 Å². The minimum absolute atomic E-state index is 0.0238. The summed E-state index contributed by atoms with van der Waals surface area (Å²) in [6, 6.07) is -0.833. The number of carbonyl (C=O) groups is 2. The Hall–Kier alpha value is -1.18. The van der Waals surface area contributed by atoms with Gasteiger partial charge in [-0.3, -0.25) is 15.0 Å². The van der Waals surface area contributed by atoms with Crippen molar-refractivity contribution in [1.29, 1.82) is 0 Å². The molecule has 0 spiro atoms. The van der Waals surface area contributed by atoms with Crippen LogP contribution in [0.5, 0.6) is 0 Å². The van der Waals surface area contributed by atoms with E-state index in [-0.39, 0.29) is 25.0 Å². The molecule has 0 bridgehead atoms. The molecule has 7 nitrogen and oxygen atoms in total. The average molecular weight is 231 g/mol. The van der Waals surface area contributed by atoms with E-state index >= 15 is 0 Å². The molecule has 4 N–H and O–H groups in total. The molecule has 3 amide bonds. The van der Waals surface area contributed by atoms with Gasteiger partial charge in [0.15, 0.2) is 0 Å². The van der Waals surface area contributed by atoms with Crippen LogP contribution >= 0.6 is 0 Å². The molecule has 7 heteroatoms. The Labute approximate surface area is 93.5 Å². The highest BCUT2D eigenvalue weighted by Gasteiger charge is 2.19. The predicted molar refractivity (Wildman–Crippen MR) is 55.6 cm³/mol. The maximum Gasteiger partial charge on any atom is 0.318 e. The van der Waals surface area contributed by atoms with E-state index in [0.29, 0.717) is 19.7 Å². The van der Waals surface area contributed by atoms with Crippen LogP contribution in [0.2, 0.25) is 0 Å². The first-order valence-electron chi connectivity index (χ1n) is 5.16.